The highest BCUT2D eigenvalue weighted by molar-refractivity contribution is 9.10. The van der Waals surface area contributed by atoms with E-state index in [2.05, 4.69) is 21.2 Å². The molecule has 1 heterocycles. The predicted octanol–water partition coefficient (Wildman–Crippen LogP) is 1.95. The summed E-state index contributed by atoms with van der Waals surface area (Å²) >= 11 is 8.95. The van der Waals surface area contributed by atoms with E-state index in [0.717, 1.165) is 0 Å². The van der Waals surface area contributed by atoms with E-state index >= 15 is 0 Å². The summed E-state index contributed by atoms with van der Waals surface area (Å²) in [7, 11) is 0. The fraction of sp³-hybridized carbons (Fsp3) is 0.200. The highest BCUT2D eigenvalue weighted by atomic mass is 79.9. The molecule has 0 spiro atoms. The molecule has 1 aliphatic heterocycles. The van der Waals surface area contributed by atoms with Gasteiger partial charge in [0.15, 0.2) is 3.91 Å². The smallest absolute Gasteiger partial charge is 0.187 e. The summed E-state index contributed by atoms with van der Waals surface area (Å²) in [6, 6.07) is 0. The van der Waals surface area contributed by atoms with Gasteiger partial charge in [-0.2, -0.15) is 0 Å². The van der Waals surface area contributed by atoms with Crippen LogP contribution in [0.5, 0.6) is 0 Å². The summed E-state index contributed by atoms with van der Waals surface area (Å²) < 4.78 is -0.554. The van der Waals surface area contributed by atoms with Gasteiger partial charge in [-0.15, -0.1) is 0 Å². The zero-order valence-corrected chi connectivity index (χ0v) is 6.41. The number of allylic oxidation sites excluding steroid dienone is 2. The van der Waals surface area contributed by atoms with Crippen molar-refractivity contribution in [1.29, 1.82) is 0 Å². The molecule has 8 heavy (non-hydrogen) atoms. The number of halogens is 2. The fourth-order valence-corrected chi connectivity index (χ4v) is 0.860. The average molecular weight is 194 g/mol. The Labute approximate surface area is 61.5 Å². The minimum absolute atomic E-state index is 0.554. The SMILES string of the molecule is ClC1(Br)C=CC=CN1. The van der Waals surface area contributed by atoms with Crippen LogP contribution in [0, 0.1) is 0 Å². The third-order valence-corrected chi connectivity index (χ3v) is 1.52. The Kier molecular flexibility index (Phi) is 1.63. The van der Waals surface area contributed by atoms with Gasteiger partial charge in [0.2, 0.25) is 0 Å². The minimum Gasteiger partial charge on any atom is -0.361 e. The number of dihydropyridines is 1. The third kappa shape index (κ3) is 1.53. The molecule has 0 saturated heterocycles. The van der Waals surface area contributed by atoms with Crippen LogP contribution in [0.1, 0.15) is 0 Å². The molecular weight excluding hydrogens is 189 g/mol. The van der Waals surface area contributed by atoms with Crippen LogP contribution < -0.4 is 5.32 Å². The average Bonchev–Trinajstić information content (AvgIpc) is 1.65. The van der Waals surface area contributed by atoms with Crippen LogP contribution in [0.4, 0.5) is 0 Å². The van der Waals surface area contributed by atoms with E-state index in [0.29, 0.717) is 0 Å². The summed E-state index contributed by atoms with van der Waals surface area (Å²) in [5.41, 5.74) is 0. The Balaban J connectivity index is 2.65. The van der Waals surface area contributed by atoms with Crippen molar-refractivity contribution >= 4 is 27.5 Å². The van der Waals surface area contributed by atoms with E-state index in [1.807, 2.05) is 18.2 Å². The molecule has 0 aromatic carbocycles. The van der Waals surface area contributed by atoms with Crippen molar-refractivity contribution in [2.24, 2.45) is 0 Å². The van der Waals surface area contributed by atoms with Crippen molar-refractivity contribution in [3.8, 4) is 0 Å². The van der Waals surface area contributed by atoms with Gasteiger partial charge in [-0.1, -0.05) is 17.7 Å². The summed E-state index contributed by atoms with van der Waals surface area (Å²) in [5.74, 6) is 0. The molecule has 1 nitrogen and oxygen atoms in total. The van der Waals surface area contributed by atoms with E-state index in [9.17, 15) is 0 Å². The van der Waals surface area contributed by atoms with Gasteiger partial charge in [-0.25, -0.2) is 0 Å². The minimum atomic E-state index is -0.554. The van der Waals surface area contributed by atoms with E-state index in [-0.39, 0.29) is 0 Å². The monoisotopic (exact) mass is 193 g/mol. The third-order valence-electron chi connectivity index (χ3n) is 0.789. The lowest BCUT2D eigenvalue weighted by Crippen LogP contribution is -2.27. The normalized spacial score (nSPS) is 34.8. The number of alkyl halides is 2. The highest BCUT2D eigenvalue weighted by Gasteiger charge is 2.16. The molecule has 0 saturated carbocycles. The number of hydrogen-bond donors (Lipinski definition) is 1. The van der Waals surface area contributed by atoms with Crippen LogP contribution in [0.25, 0.3) is 0 Å². The van der Waals surface area contributed by atoms with Crippen molar-refractivity contribution in [3.05, 3.63) is 24.4 Å². The van der Waals surface area contributed by atoms with Crippen LogP contribution in [0.3, 0.4) is 0 Å². The van der Waals surface area contributed by atoms with Gasteiger partial charge >= 0.3 is 0 Å². The summed E-state index contributed by atoms with van der Waals surface area (Å²) in [6.45, 7) is 0. The Hall–Kier alpha value is 0.0500. The molecule has 44 valence electrons. The Morgan fingerprint density at radius 1 is 1.50 bits per heavy atom. The highest BCUT2D eigenvalue weighted by Crippen LogP contribution is 2.22. The number of rotatable bonds is 0. The van der Waals surface area contributed by atoms with Gasteiger partial charge in [0, 0.05) is 0 Å². The summed E-state index contributed by atoms with van der Waals surface area (Å²) in [4.78, 5) is 0. The standard InChI is InChI=1S/C5H5BrClN/c6-5(7)3-1-2-4-8-5/h1-4,8H. The molecule has 0 aromatic heterocycles. The lowest BCUT2D eigenvalue weighted by atomic mass is 10.4. The van der Waals surface area contributed by atoms with Crippen LogP contribution in [-0.4, -0.2) is 3.91 Å². The Bertz CT molecular complexity index is 139. The first-order valence-electron chi connectivity index (χ1n) is 2.21. The lowest BCUT2D eigenvalue weighted by molar-refractivity contribution is 0.859. The maximum Gasteiger partial charge on any atom is 0.187 e. The molecule has 1 aliphatic rings. The van der Waals surface area contributed by atoms with E-state index in [4.69, 9.17) is 11.6 Å². The van der Waals surface area contributed by atoms with Gasteiger partial charge in [-0.3, -0.25) is 0 Å². The Morgan fingerprint density at radius 3 is 2.50 bits per heavy atom. The van der Waals surface area contributed by atoms with Gasteiger partial charge < -0.3 is 5.32 Å². The van der Waals surface area contributed by atoms with Crippen molar-refractivity contribution in [3.63, 3.8) is 0 Å². The summed E-state index contributed by atoms with van der Waals surface area (Å²) in [5, 5.41) is 2.87. The molecule has 0 bridgehead atoms. The molecule has 0 fully saturated rings. The molecular formula is C5H5BrClN. The van der Waals surface area contributed by atoms with Crippen LogP contribution in [-0.2, 0) is 0 Å². The van der Waals surface area contributed by atoms with E-state index < -0.39 is 3.91 Å². The second-order valence-electron chi connectivity index (χ2n) is 1.49. The predicted molar refractivity (Wildman–Crippen MR) is 38.9 cm³/mol. The van der Waals surface area contributed by atoms with Gasteiger partial charge in [-0.05, 0) is 34.3 Å². The first kappa shape index (κ1) is 6.17. The zero-order chi connectivity index (χ0) is 6.04. The number of nitrogens with one attached hydrogen (secondary N) is 1. The molecule has 3 heteroatoms. The summed E-state index contributed by atoms with van der Waals surface area (Å²) in [6.07, 6.45) is 7.34. The topological polar surface area (TPSA) is 12.0 Å². The zero-order valence-electron chi connectivity index (χ0n) is 4.07. The van der Waals surface area contributed by atoms with Gasteiger partial charge in [0.1, 0.15) is 0 Å². The van der Waals surface area contributed by atoms with Crippen molar-refractivity contribution < 1.29 is 0 Å². The quantitative estimate of drug-likeness (QED) is 0.459. The molecule has 0 aliphatic carbocycles. The van der Waals surface area contributed by atoms with Gasteiger partial charge in [0.05, 0.1) is 0 Å². The largest absolute Gasteiger partial charge is 0.361 e. The number of hydrogen-bond acceptors (Lipinski definition) is 1. The first-order valence-corrected chi connectivity index (χ1v) is 3.38. The van der Waals surface area contributed by atoms with Crippen LogP contribution in [0.15, 0.2) is 24.4 Å². The maximum absolute atomic E-state index is 5.74. The molecule has 0 radical (unpaired) electrons. The molecule has 1 atom stereocenters. The second-order valence-corrected chi connectivity index (χ2v) is 3.79. The van der Waals surface area contributed by atoms with Crippen molar-refractivity contribution in [2.45, 2.75) is 3.91 Å². The first-order chi connectivity index (χ1) is 3.71. The van der Waals surface area contributed by atoms with Crippen molar-refractivity contribution in [1.82, 2.24) is 5.32 Å². The molecule has 1 N–H and O–H groups in total. The van der Waals surface area contributed by atoms with E-state index in [1.54, 1.807) is 6.20 Å². The lowest BCUT2D eigenvalue weighted by Gasteiger charge is -2.17. The molecule has 0 amide bonds. The molecule has 1 rings (SSSR count). The fourth-order valence-electron chi connectivity index (χ4n) is 0.439. The molecule has 1 unspecified atom stereocenters. The molecule has 0 aromatic rings. The Morgan fingerprint density at radius 2 is 2.25 bits per heavy atom. The van der Waals surface area contributed by atoms with E-state index in [1.165, 1.54) is 0 Å². The second kappa shape index (κ2) is 2.11. The van der Waals surface area contributed by atoms with Gasteiger partial charge in [0.25, 0.3) is 0 Å². The maximum atomic E-state index is 5.74. The van der Waals surface area contributed by atoms with Crippen molar-refractivity contribution in [2.75, 3.05) is 0 Å². The van der Waals surface area contributed by atoms with Crippen LogP contribution in [0.2, 0.25) is 0 Å². The van der Waals surface area contributed by atoms with Crippen LogP contribution >= 0.6 is 27.5 Å².